The molecule has 0 aliphatic heterocycles. The molecule has 0 amide bonds. The smallest absolute Gasteiger partial charge is 0.0665 e. The molecule has 0 heterocycles. The third-order valence-corrected chi connectivity index (χ3v) is 5.09. The molecule has 2 nitrogen and oxygen atoms in total. The van der Waals surface area contributed by atoms with E-state index in [1.807, 2.05) is 0 Å². The molecule has 3 unspecified atom stereocenters. The van der Waals surface area contributed by atoms with Crippen molar-refractivity contribution in [3.8, 4) is 0 Å². The zero-order valence-corrected chi connectivity index (χ0v) is 12.0. The Kier molecular flexibility index (Phi) is 4.14. The van der Waals surface area contributed by atoms with Crippen LogP contribution in [0, 0.1) is 11.3 Å². The molecule has 2 fully saturated rings. The molecular formula is C15H29NO. The molecule has 0 bridgehead atoms. The Hall–Kier alpha value is -0.0800. The minimum atomic E-state index is 0.403. The minimum Gasteiger partial charge on any atom is -0.374 e. The van der Waals surface area contributed by atoms with E-state index in [-0.39, 0.29) is 0 Å². The second-order valence-electron chi connectivity index (χ2n) is 6.36. The highest BCUT2D eigenvalue weighted by Gasteiger charge is 2.56. The molecule has 2 rings (SSSR count). The van der Waals surface area contributed by atoms with Gasteiger partial charge in [0.2, 0.25) is 0 Å². The summed E-state index contributed by atoms with van der Waals surface area (Å²) >= 11 is 0. The van der Waals surface area contributed by atoms with Crippen LogP contribution in [0.4, 0.5) is 0 Å². The lowest BCUT2D eigenvalue weighted by Crippen LogP contribution is -2.63. The Morgan fingerprint density at radius 3 is 2.41 bits per heavy atom. The van der Waals surface area contributed by atoms with Gasteiger partial charge in [0.15, 0.2) is 0 Å². The van der Waals surface area contributed by atoms with Crippen LogP contribution in [0.15, 0.2) is 0 Å². The molecule has 0 aromatic carbocycles. The van der Waals surface area contributed by atoms with Crippen LogP contribution in [0.5, 0.6) is 0 Å². The molecule has 0 aromatic heterocycles. The number of hydrogen-bond acceptors (Lipinski definition) is 2. The Labute approximate surface area is 107 Å². The highest BCUT2D eigenvalue weighted by molar-refractivity contribution is 5.10. The maximum absolute atomic E-state index is 6.32. The van der Waals surface area contributed by atoms with Crippen LogP contribution >= 0.6 is 0 Å². The fraction of sp³-hybridized carbons (Fsp3) is 1.00. The van der Waals surface area contributed by atoms with Crippen LogP contribution in [0.1, 0.15) is 59.8 Å². The van der Waals surface area contributed by atoms with Gasteiger partial charge in [0.25, 0.3) is 0 Å². The standard InChI is InChI=1S/C15H29NO/c1-5-16-13-10-14(17-12(4)11(2)3)15(13)8-6-7-9-15/h11-14,16H,5-10H2,1-4H3. The molecule has 2 aliphatic carbocycles. The number of nitrogens with one attached hydrogen (secondary N) is 1. The average Bonchev–Trinajstić information content (AvgIpc) is 2.79. The van der Waals surface area contributed by atoms with Crippen molar-refractivity contribution in [1.29, 1.82) is 0 Å². The first-order valence-corrected chi connectivity index (χ1v) is 7.49. The van der Waals surface area contributed by atoms with Crippen LogP contribution in [0.25, 0.3) is 0 Å². The lowest BCUT2D eigenvalue weighted by molar-refractivity contribution is -0.164. The molecule has 2 heteroatoms. The summed E-state index contributed by atoms with van der Waals surface area (Å²) in [5.74, 6) is 0.631. The lowest BCUT2D eigenvalue weighted by atomic mass is 9.60. The lowest BCUT2D eigenvalue weighted by Gasteiger charge is -2.55. The van der Waals surface area contributed by atoms with Crippen molar-refractivity contribution in [2.75, 3.05) is 6.54 Å². The van der Waals surface area contributed by atoms with E-state index in [1.54, 1.807) is 0 Å². The van der Waals surface area contributed by atoms with Crippen LogP contribution in [0.3, 0.4) is 0 Å². The Bertz CT molecular complexity index is 245. The van der Waals surface area contributed by atoms with E-state index in [9.17, 15) is 0 Å². The van der Waals surface area contributed by atoms with Crippen molar-refractivity contribution in [1.82, 2.24) is 5.32 Å². The fourth-order valence-electron chi connectivity index (χ4n) is 3.59. The van der Waals surface area contributed by atoms with Crippen LogP contribution in [-0.4, -0.2) is 24.8 Å². The van der Waals surface area contributed by atoms with Crippen LogP contribution in [-0.2, 0) is 4.74 Å². The summed E-state index contributed by atoms with van der Waals surface area (Å²) in [6, 6.07) is 0.722. The van der Waals surface area contributed by atoms with E-state index in [0.717, 1.165) is 12.6 Å². The topological polar surface area (TPSA) is 21.3 Å². The van der Waals surface area contributed by atoms with Gasteiger partial charge in [0.05, 0.1) is 12.2 Å². The normalized spacial score (nSPS) is 33.0. The maximum atomic E-state index is 6.32. The molecule has 3 atom stereocenters. The van der Waals surface area contributed by atoms with Crippen molar-refractivity contribution in [3.05, 3.63) is 0 Å². The van der Waals surface area contributed by atoms with Gasteiger partial charge in [-0.25, -0.2) is 0 Å². The van der Waals surface area contributed by atoms with Gasteiger partial charge in [-0.1, -0.05) is 33.6 Å². The maximum Gasteiger partial charge on any atom is 0.0665 e. The van der Waals surface area contributed by atoms with Gasteiger partial charge in [0, 0.05) is 11.5 Å². The molecule has 2 saturated carbocycles. The summed E-state index contributed by atoms with van der Waals surface area (Å²) in [5.41, 5.74) is 0.485. The highest BCUT2D eigenvalue weighted by Crippen LogP contribution is 2.55. The monoisotopic (exact) mass is 239 g/mol. The van der Waals surface area contributed by atoms with Gasteiger partial charge in [0.1, 0.15) is 0 Å². The van der Waals surface area contributed by atoms with E-state index in [4.69, 9.17) is 4.74 Å². The minimum absolute atomic E-state index is 0.403. The molecule has 1 spiro atoms. The van der Waals surface area contributed by atoms with Crippen molar-refractivity contribution in [2.45, 2.75) is 78.0 Å². The third kappa shape index (κ3) is 2.39. The summed E-state index contributed by atoms with van der Waals surface area (Å²) in [5, 5.41) is 3.67. The van der Waals surface area contributed by atoms with E-state index in [0.29, 0.717) is 23.5 Å². The van der Waals surface area contributed by atoms with E-state index in [2.05, 4.69) is 33.0 Å². The summed E-state index contributed by atoms with van der Waals surface area (Å²) in [6.07, 6.45) is 7.70. The molecule has 2 aliphatic rings. The Balaban J connectivity index is 1.95. The molecule has 0 saturated heterocycles. The van der Waals surface area contributed by atoms with Crippen molar-refractivity contribution in [2.24, 2.45) is 11.3 Å². The van der Waals surface area contributed by atoms with Crippen molar-refractivity contribution >= 4 is 0 Å². The van der Waals surface area contributed by atoms with Gasteiger partial charge >= 0.3 is 0 Å². The average molecular weight is 239 g/mol. The predicted octanol–water partition coefficient (Wildman–Crippen LogP) is 3.36. The SMILES string of the molecule is CCNC1CC(OC(C)C(C)C)C12CCCC2. The largest absolute Gasteiger partial charge is 0.374 e. The van der Waals surface area contributed by atoms with E-state index in [1.165, 1.54) is 32.1 Å². The first-order valence-electron chi connectivity index (χ1n) is 7.49. The number of hydrogen-bond donors (Lipinski definition) is 1. The van der Waals surface area contributed by atoms with Gasteiger partial charge in [-0.15, -0.1) is 0 Å². The Morgan fingerprint density at radius 2 is 1.88 bits per heavy atom. The molecule has 17 heavy (non-hydrogen) atoms. The second kappa shape index (κ2) is 5.27. The molecular weight excluding hydrogens is 210 g/mol. The van der Waals surface area contributed by atoms with E-state index >= 15 is 0 Å². The number of ether oxygens (including phenoxy) is 1. The van der Waals surface area contributed by atoms with Gasteiger partial charge in [-0.3, -0.25) is 0 Å². The first-order chi connectivity index (χ1) is 8.10. The molecule has 100 valence electrons. The summed E-state index contributed by atoms with van der Waals surface area (Å²) in [6.45, 7) is 10.1. The first kappa shape index (κ1) is 13.4. The van der Waals surface area contributed by atoms with Crippen LogP contribution < -0.4 is 5.32 Å². The zero-order chi connectivity index (χ0) is 12.5. The zero-order valence-electron chi connectivity index (χ0n) is 12.0. The Morgan fingerprint density at radius 1 is 1.24 bits per heavy atom. The summed E-state index contributed by atoms with van der Waals surface area (Å²) in [4.78, 5) is 0. The van der Waals surface area contributed by atoms with Crippen molar-refractivity contribution < 1.29 is 4.74 Å². The van der Waals surface area contributed by atoms with E-state index < -0.39 is 0 Å². The third-order valence-electron chi connectivity index (χ3n) is 5.09. The van der Waals surface area contributed by atoms with Gasteiger partial charge < -0.3 is 10.1 Å². The quantitative estimate of drug-likeness (QED) is 0.794. The second-order valence-corrected chi connectivity index (χ2v) is 6.36. The molecule has 1 N–H and O–H groups in total. The van der Waals surface area contributed by atoms with Gasteiger partial charge in [-0.05, 0) is 38.6 Å². The summed E-state index contributed by atoms with van der Waals surface area (Å²) in [7, 11) is 0. The summed E-state index contributed by atoms with van der Waals surface area (Å²) < 4.78 is 6.32. The number of rotatable bonds is 5. The van der Waals surface area contributed by atoms with Gasteiger partial charge in [-0.2, -0.15) is 0 Å². The molecule has 0 aromatic rings. The fourth-order valence-corrected chi connectivity index (χ4v) is 3.59. The van der Waals surface area contributed by atoms with Crippen LogP contribution in [0.2, 0.25) is 0 Å². The molecule has 0 radical (unpaired) electrons. The predicted molar refractivity (Wildman–Crippen MR) is 72.2 cm³/mol. The highest BCUT2D eigenvalue weighted by atomic mass is 16.5. The van der Waals surface area contributed by atoms with Crippen molar-refractivity contribution in [3.63, 3.8) is 0 Å².